The topological polar surface area (TPSA) is 46.2 Å². The Morgan fingerprint density at radius 3 is 2.33 bits per heavy atom. The summed E-state index contributed by atoms with van der Waals surface area (Å²) in [6.45, 7) is 0. The Morgan fingerprint density at radius 1 is 1.28 bits per heavy atom. The van der Waals surface area contributed by atoms with Gasteiger partial charge < -0.3 is 10.8 Å². The van der Waals surface area contributed by atoms with Crippen LogP contribution in [0.5, 0.6) is 5.75 Å². The maximum atomic E-state index is 12.5. The van der Waals surface area contributed by atoms with E-state index in [1.165, 1.54) is 0 Å². The van der Waals surface area contributed by atoms with Crippen LogP contribution in [0.15, 0.2) is 18.2 Å². The summed E-state index contributed by atoms with van der Waals surface area (Å²) in [5, 5.41) is 9.59. The molecule has 2 nitrogen and oxygen atoms in total. The first-order chi connectivity index (χ1) is 7.89. The minimum absolute atomic E-state index is 0. The van der Waals surface area contributed by atoms with Gasteiger partial charge in [0.05, 0.1) is 5.56 Å². The monoisotopic (exact) mass is 281 g/mol. The molecule has 0 spiro atoms. The van der Waals surface area contributed by atoms with Crippen LogP contribution >= 0.6 is 12.4 Å². The van der Waals surface area contributed by atoms with Gasteiger partial charge in [-0.2, -0.15) is 13.2 Å². The van der Waals surface area contributed by atoms with E-state index in [4.69, 9.17) is 5.73 Å². The van der Waals surface area contributed by atoms with E-state index in [0.717, 1.165) is 37.5 Å². The van der Waals surface area contributed by atoms with Gasteiger partial charge in [-0.25, -0.2) is 0 Å². The van der Waals surface area contributed by atoms with Gasteiger partial charge in [0.1, 0.15) is 5.75 Å². The van der Waals surface area contributed by atoms with Crippen LogP contribution in [0.1, 0.15) is 36.4 Å². The fraction of sp³-hybridized carbons (Fsp3) is 0.500. The molecule has 0 unspecified atom stereocenters. The van der Waals surface area contributed by atoms with Crippen LogP contribution in [0.2, 0.25) is 0 Å². The third kappa shape index (κ3) is 2.90. The maximum Gasteiger partial charge on any atom is 0.416 e. The zero-order valence-electron chi connectivity index (χ0n) is 9.57. The normalized spacial score (nSPS) is 17.8. The minimum atomic E-state index is -4.40. The van der Waals surface area contributed by atoms with Crippen molar-refractivity contribution < 1.29 is 18.3 Å². The second kappa shape index (κ2) is 5.36. The molecule has 0 heterocycles. The quantitative estimate of drug-likeness (QED) is 0.869. The maximum absolute atomic E-state index is 12.5. The van der Waals surface area contributed by atoms with Crippen LogP contribution in [0, 0.1) is 5.92 Å². The molecular weight excluding hydrogens is 267 g/mol. The van der Waals surface area contributed by atoms with Gasteiger partial charge in [0, 0.05) is 11.6 Å². The van der Waals surface area contributed by atoms with Crippen molar-refractivity contribution in [2.75, 3.05) is 0 Å². The lowest BCUT2D eigenvalue weighted by atomic mass is 9.77. The Kier molecular flexibility index (Phi) is 4.50. The fourth-order valence-corrected chi connectivity index (χ4v) is 2.05. The molecule has 0 radical (unpaired) electrons. The summed E-state index contributed by atoms with van der Waals surface area (Å²) >= 11 is 0. The second-order valence-corrected chi connectivity index (χ2v) is 4.49. The number of aromatic hydroxyl groups is 1. The number of alkyl halides is 3. The first-order valence-corrected chi connectivity index (χ1v) is 5.55. The average molecular weight is 282 g/mol. The van der Waals surface area contributed by atoms with Gasteiger partial charge in [-0.1, -0.05) is 6.42 Å². The van der Waals surface area contributed by atoms with Gasteiger partial charge in [0.25, 0.3) is 0 Å². The molecule has 0 amide bonds. The molecule has 1 saturated carbocycles. The summed E-state index contributed by atoms with van der Waals surface area (Å²) in [5.74, 6) is 0.0294. The Labute approximate surface area is 109 Å². The number of hydrogen-bond donors (Lipinski definition) is 2. The molecule has 2 rings (SSSR count). The Morgan fingerprint density at radius 2 is 1.89 bits per heavy atom. The highest BCUT2D eigenvalue weighted by Crippen LogP contribution is 2.41. The van der Waals surface area contributed by atoms with E-state index in [-0.39, 0.29) is 29.6 Å². The molecule has 0 bridgehead atoms. The Hall–Kier alpha value is -0.940. The predicted octanol–water partition coefficient (Wildman–Crippen LogP) is 3.63. The molecule has 1 aromatic carbocycles. The van der Waals surface area contributed by atoms with Crippen LogP contribution in [0.3, 0.4) is 0 Å². The Bertz CT molecular complexity index is 418. The Balaban J connectivity index is 0.00000162. The lowest BCUT2D eigenvalue weighted by Crippen LogP contribution is -2.27. The highest BCUT2D eigenvalue weighted by Gasteiger charge is 2.33. The number of hydrogen-bond acceptors (Lipinski definition) is 2. The summed E-state index contributed by atoms with van der Waals surface area (Å²) in [6, 6.07) is 2.38. The van der Waals surface area contributed by atoms with E-state index >= 15 is 0 Å². The summed E-state index contributed by atoms with van der Waals surface area (Å²) in [7, 11) is 0. The van der Waals surface area contributed by atoms with Crippen LogP contribution in [-0.4, -0.2) is 5.11 Å². The van der Waals surface area contributed by atoms with E-state index in [1.54, 1.807) is 0 Å². The third-order valence-corrected chi connectivity index (χ3v) is 3.37. The lowest BCUT2D eigenvalue weighted by molar-refractivity contribution is -0.137. The van der Waals surface area contributed by atoms with Crippen molar-refractivity contribution in [2.24, 2.45) is 11.7 Å². The zero-order chi connectivity index (χ0) is 12.6. The van der Waals surface area contributed by atoms with E-state index in [1.807, 2.05) is 0 Å². The largest absolute Gasteiger partial charge is 0.508 e. The van der Waals surface area contributed by atoms with E-state index < -0.39 is 17.8 Å². The highest BCUT2D eigenvalue weighted by molar-refractivity contribution is 5.85. The zero-order valence-corrected chi connectivity index (χ0v) is 10.4. The number of nitrogens with two attached hydrogens (primary N) is 1. The summed E-state index contributed by atoms with van der Waals surface area (Å²) in [4.78, 5) is 0. The first-order valence-electron chi connectivity index (χ1n) is 5.55. The van der Waals surface area contributed by atoms with E-state index in [0.29, 0.717) is 0 Å². The molecule has 0 aliphatic heterocycles. The number of phenols is 1. The SMILES string of the molecule is Cl.N[C@@H](c1cc(C(F)(F)F)ccc1O)C1CCC1. The molecule has 1 atom stereocenters. The summed E-state index contributed by atoms with van der Waals surface area (Å²) < 4.78 is 37.6. The molecule has 0 aromatic heterocycles. The van der Waals surface area contributed by atoms with Gasteiger partial charge in [0.2, 0.25) is 0 Å². The average Bonchev–Trinajstić information content (AvgIpc) is 2.13. The van der Waals surface area contributed by atoms with Gasteiger partial charge in [-0.05, 0) is 37.0 Å². The third-order valence-electron chi connectivity index (χ3n) is 3.37. The molecule has 3 N–H and O–H groups in total. The van der Waals surface area contributed by atoms with Crippen LogP contribution < -0.4 is 5.73 Å². The van der Waals surface area contributed by atoms with Crippen molar-refractivity contribution in [2.45, 2.75) is 31.5 Å². The molecule has 18 heavy (non-hydrogen) atoms. The van der Waals surface area contributed by atoms with Gasteiger partial charge >= 0.3 is 6.18 Å². The van der Waals surface area contributed by atoms with E-state index in [2.05, 4.69) is 0 Å². The molecule has 1 aliphatic carbocycles. The van der Waals surface area contributed by atoms with Crippen LogP contribution in [0.25, 0.3) is 0 Å². The van der Waals surface area contributed by atoms with Crippen molar-refractivity contribution in [1.29, 1.82) is 0 Å². The fourth-order valence-electron chi connectivity index (χ4n) is 2.05. The number of halogens is 4. The standard InChI is InChI=1S/C12H14F3NO.ClH/c13-12(14,15)8-4-5-10(17)9(6-8)11(16)7-2-1-3-7;/h4-7,11,17H,1-3,16H2;1H/t11-;/m1./s1. The minimum Gasteiger partial charge on any atom is -0.508 e. The van der Waals surface area contributed by atoms with E-state index in [9.17, 15) is 18.3 Å². The molecule has 6 heteroatoms. The predicted molar refractivity (Wildman–Crippen MR) is 64.6 cm³/mol. The number of benzene rings is 1. The van der Waals surface area contributed by atoms with Crippen molar-refractivity contribution in [3.8, 4) is 5.75 Å². The molecule has 1 aromatic rings. The second-order valence-electron chi connectivity index (χ2n) is 4.49. The summed E-state index contributed by atoms with van der Waals surface area (Å²) in [6.07, 6.45) is -1.52. The van der Waals surface area contributed by atoms with Crippen molar-refractivity contribution in [1.82, 2.24) is 0 Å². The first kappa shape index (κ1) is 15.1. The molecule has 1 fully saturated rings. The summed E-state index contributed by atoms with van der Waals surface area (Å²) in [5.41, 5.74) is 5.32. The molecular formula is C12H15ClF3NO. The molecule has 102 valence electrons. The van der Waals surface area contributed by atoms with Crippen LogP contribution in [-0.2, 0) is 6.18 Å². The smallest absolute Gasteiger partial charge is 0.416 e. The lowest BCUT2D eigenvalue weighted by Gasteiger charge is -2.32. The van der Waals surface area contributed by atoms with Gasteiger partial charge in [0.15, 0.2) is 0 Å². The number of phenolic OH excluding ortho intramolecular Hbond substituents is 1. The molecule has 1 aliphatic rings. The van der Waals surface area contributed by atoms with Gasteiger partial charge in [-0.3, -0.25) is 0 Å². The van der Waals surface area contributed by atoms with Crippen molar-refractivity contribution in [3.05, 3.63) is 29.3 Å². The number of rotatable bonds is 2. The van der Waals surface area contributed by atoms with Gasteiger partial charge in [-0.15, -0.1) is 12.4 Å². The highest BCUT2D eigenvalue weighted by atomic mass is 35.5. The molecule has 0 saturated heterocycles. The van der Waals surface area contributed by atoms with Crippen LogP contribution in [0.4, 0.5) is 13.2 Å². The van der Waals surface area contributed by atoms with Crippen molar-refractivity contribution >= 4 is 12.4 Å². The van der Waals surface area contributed by atoms with Crippen molar-refractivity contribution in [3.63, 3.8) is 0 Å².